The molecule has 2 saturated heterocycles. The largest absolute Gasteiger partial charge is 0.368 e. The number of carbonyl (C=O) groups is 1. The molecule has 3 aromatic rings. The van der Waals surface area contributed by atoms with Crippen molar-refractivity contribution in [2.45, 2.75) is 37.1 Å². The number of amides is 1. The quantitative estimate of drug-likeness (QED) is 0.501. The Bertz CT molecular complexity index is 1100. The number of nitrogens with zero attached hydrogens (tertiary/aromatic N) is 6. The molecule has 0 radical (unpaired) electrons. The summed E-state index contributed by atoms with van der Waals surface area (Å²) >= 11 is 1.51. The second-order valence-corrected chi connectivity index (χ2v) is 10.4. The molecule has 34 heavy (non-hydrogen) atoms. The fraction of sp³-hybridized carbons (Fsp3) is 0.423. The minimum Gasteiger partial charge on any atom is -0.368 e. The van der Waals surface area contributed by atoms with Crippen LogP contribution in [0.5, 0.6) is 0 Å². The fourth-order valence-corrected chi connectivity index (χ4v) is 5.62. The molecule has 2 aromatic carbocycles. The summed E-state index contributed by atoms with van der Waals surface area (Å²) in [6, 6.07) is 18.9. The highest BCUT2D eigenvalue weighted by Gasteiger charge is 2.29. The van der Waals surface area contributed by atoms with Gasteiger partial charge in [-0.05, 0) is 51.0 Å². The van der Waals surface area contributed by atoms with Crippen molar-refractivity contribution < 1.29 is 4.79 Å². The van der Waals surface area contributed by atoms with Crippen molar-refractivity contribution in [3.63, 3.8) is 0 Å². The summed E-state index contributed by atoms with van der Waals surface area (Å²) in [5.41, 5.74) is 3.47. The Balaban J connectivity index is 1.30. The first-order valence-corrected chi connectivity index (χ1v) is 13.0. The van der Waals surface area contributed by atoms with Gasteiger partial charge in [0.1, 0.15) is 0 Å². The first kappa shape index (κ1) is 22.8. The zero-order valence-corrected chi connectivity index (χ0v) is 20.7. The summed E-state index contributed by atoms with van der Waals surface area (Å²) in [5, 5.41) is 9.63. The molecule has 0 bridgehead atoms. The molecule has 2 aliphatic rings. The molecule has 1 atom stereocenters. The standard InChI is InChI=1S/C26H32N6OS/c1-20-10-12-23(13-11-20)32-25(31-14-6-7-15-31)27-28-26(32)34-21(2)24(33)30-18-16-29(17-19-30)22-8-4-3-5-9-22/h3-5,8-13,21H,6-7,14-19H2,1-2H3. The van der Waals surface area contributed by atoms with Gasteiger partial charge >= 0.3 is 0 Å². The molecule has 2 fully saturated rings. The van der Waals surface area contributed by atoms with E-state index in [0.29, 0.717) is 0 Å². The molecule has 2 aliphatic heterocycles. The van der Waals surface area contributed by atoms with Crippen LogP contribution in [0.25, 0.3) is 5.69 Å². The van der Waals surface area contributed by atoms with Crippen LogP contribution < -0.4 is 9.80 Å². The second kappa shape index (κ2) is 10.1. The summed E-state index contributed by atoms with van der Waals surface area (Å²) in [4.78, 5) is 20.0. The van der Waals surface area contributed by atoms with Gasteiger partial charge in [-0.2, -0.15) is 0 Å². The second-order valence-electron chi connectivity index (χ2n) is 9.06. The summed E-state index contributed by atoms with van der Waals surface area (Å²) in [5.74, 6) is 1.04. The molecule has 0 saturated carbocycles. The van der Waals surface area contributed by atoms with Crippen molar-refractivity contribution in [1.82, 2.24) is 19.7 Å². The van der Waals surface area contributed by atoms with E-state index in [-0.39, 0.29) is 11.2 Å². The summed E-state index contributed by atoms with van der Waals surface area (Å²) in [6.45, 7) is 9.25. The van der Waals surface area contributed by atoms with E-state index in [1.807, 2.05) is 17.9 Å². The number of para-hydroxylation sites is 1. The van der Waals surface area contributed by atoms with Gasteiger partial charge < -0.3 is 14.7 Å². The van der Waals surface area contributed by atoms with Gasteiger partial charge in [0.2, 0.25) is 11.9 Å². The first-order valence-electron chi connectivity index (χ1n) is 12.1. The number of carbonyl (C=O) groups excluding carboxylic acids is 1. The molecule has 0 N–H and O–H groups in total. The van der Waals surface area contributed by atoms with Crippen LogP contribution in [0, 0.1) is 6.92 Å². The normalized spacial score (nSPS) is 17.3. The van der Waals surface area contributed by atoms with Crippen LogP contribution in [0.15, 0.2) is 59.8 Å². The predicted octanol–water partition coefficient (Wildman–Crippen LogP) is 4.01. The van der Waals surface area contributed by atoms with Crippen LogP contribution in [0.1, 0.15) is 25.3 Å². The summed E-state index contributed by atoms with van der Waals surface area (Å²) in [7, 11) is 0. The van der Waals surface area contributed by atoms with E-state index in [2.05, 4.69) is 80.0 Å². The minimum absolute atomic E-state index is 0.166. The van der Waals surface area contributed by atoms with Crippen molar-refractivity contribution in [3.05, 3.63) is 60.2 Å². The van der Waals surface area contributed by atoms with Gasteiger partial charge in [-0.3, -0.25) is 9.36 Å². The van der Waals surface area contributed by atoms with Crippen molar-refractivity contribution in [2.75, 3.05) is 49.1 Å². The Morgan fingerprint density at radius 1 is 0.824 bits per heavy atom. The van der Waals surface area contributed by atoms with Gasteiger partial charge in [0.15, 0.2) is 5.16 Å². The van der Waals surface area contributed by atoms with E-state index in [1.54, 1.807) is 0 Å². The van der Waals surface area contributed by atoms with Crippen molar-refractivity contribution in [3.8, 4) is 5.69 Å². The van der Waals surface area contributed by atoms with E-state index in [9.17, 15) is 4.79 Å². The Kier molecular flexibility index (Phi) is 6.76. The van der Waals surface area contributed by atoms with Gasteiger partial charge in [0.25, 0.3) is 0 Å². The number of thioether (sulfide) groups is 1. The third-order valence-corrected chi connectivity index (χ3v) is 7.67. The Morgan fingerprint density at radius 2 is 1.50 bits per heavy atom. The van der Waals surface area contributed by atoms with Gasteiger partial charge in [-0.15, -0.1) is 10.2 Å². The average Bonchev–Trinajstić information content (AvgIpc) is 3.55. The zero-order valence-electron chi connectivity index (χ0n) is 19.9. The number of piperazine rings is 1. The molecule has 3 heterocycles. The smallest absolute Gasteiger partial charge is 0.236 e. The van der Waals surface area contributed by atoms with Gasteiger partial charge in [-0.1, -0.05) is 47.7 Å². The lowest BCUT2D eigenvalue weighted by Crippen LogP contribution is -2.50. The number of hydrogen-bond acceptors (Lipinski definition) is 6. The van der Waals surface area contributed by atoms with Gasteiger partial charge in [0, 0.05) is 45.0 Å². The van der Waals surface area contributed by atoms with Crippen LogP contribution in [0.3, 0.4) is 0 Å². The zero-order chi connectivity index (χ0) is 23.5. The highest BCUT2D eigenvalue weighted by molar-refractivity contribution is 8.00. The van der Waals surface area contributed by atoms with E-state index < -0.39 is 0 Å². The summed E-state index contributed by atoms with van der Waals surface area (Å²) in [6.07, 6.45) is 2.35. The predicted molar refractivity (Wildman–Crippen MR) is 138 cm³/mol. The van der Waals surface area contributed by atoms with Crippen molar-refractivity contribution >= 4 is 29.3 Å². The van der Waals surface area contributed by atoms with Crippen LogP contribution in [0.2, 0.25) is 0 Å². The molecule has 0 aliphatic carbocycles. The third kappa shape index (κ3) is 4.78. The van der Waals surface area contributed by atoms with Crippen LogP contribution in [-0.2, 0) is 4.79 Å². The number of anilines is 2. The topological polar surface area (TPSA) is 57.5 Å². The fourth-order valence-electron chi connectivity index (χ4n) is 4.67. The molecule has 7 nitrogen and oxygen atoms in total. The minimum atomic E-state index is -0.233. The molecular formula is C26H32N6OS. The monoisotopic (exact) mass is 476 g/mol. The summed E-state index contributed by atoms with van der Waals surface area (Å²) < 4.78 is 2.12. The highest BCUT2D eigenvalue weighted by Crippen LogP contribution is 2.31. The maximum Gasteiger partial charge on any atom is 0.236 e. The van der Waals surface area contributed by atoms with E-state index in [1.165, 1.54) is 35.9 Å². The van der Waals surface area contributed by atoms with Crippen LogP contribution in [-0.4, -0.2) is 70.1 Å². The molecular weight excluding hydrogens is 444 g/mol. The van der Waals surface area contributed by atoms with E-state index in [0.717, 1.165) is 56.1 Å². The lowest BCUT2D eigenvalue weighted by Gasteiger charge is -2.37. The number of rotatable bonds is 6. The first-order chi connectivity index (χ1) is 16.6. The molecule has 5 rings (SSSR count). The van der Waals surface area contributed by atoms with E-state index >= 15 is 0 Å². The van der Waals surface area contributed by atoms with Crippen molar-refractivity contribution in [1.29, 1.82) is 0 Å². The Morgan fingerprint density at radius 3 is 2.18 bits per heavy atom. The molecule has 1 amide bonds. The highest BCUT2D eigenvalue weighted by atomic mass is 32.2. The molecule has 0 spiro atoms. The molecule has 8 heteroatoms. The SMILES string of the molecule is Cc1ccc(-n2c(SC(C)C(=O)N3CCN(c4ccccc4)CC3)nnc2N2CCCC2)cc1. The number of benzene rings is 2. The maximum atomic E-state index is 13.3. The number of aromatic nitrogens is 3. The van der Waals surface area contributed by atoms with E-state index in [4.69, 9.17) is 0 Å². The van der Waals surface area contributed by atoms with Gasteiger partial charge in [-0.25, -0.2) is 0 Å². The average molecular weight is 477 g/mol. The Labute approximate surface area is 205 Å². The lowest BCUT2D eigenvalue weighted by molar-refractivity contribution is -0.130. The molecule has 1 unspecified atom stereocenters. The number of aryl methyl sites for hydroxylation is 1. The number of hydrogen-bond donors (Lipinski definition) is 0. The van der Waals surface area contributed by atoms with Crippen LogP contribution >= 0.6 is 11.8 Å². The van der Waals surface area contributed by atoms with Crippen LogP contribution in [0.4, 0.5) is 11.6 Å². The maximum absolute atomic E-state index is 13.3. The van der Waals surface area contributed by atoms with Crippen molar-refractivity contribution in [2.24, 2.45) is 0 Å². The third-order valence-electron chi connectivity index (χ3n) is 6.64. The van der Waals surface area contributed by atoms with Gasteiger partial charge in [0.05, 0.1) is 10.9 Å². The molecule has 178 valence electrons. The Hall–Kier alpha value is -3.00. The lowest BCUT2D eigenvalue weighted by atomic mass is 10.2. The molecule has 1 aromatic heterocycles.